The first kappa shape index (κ1) is 13.7. The van der Waals surface area contributed by atoms with Crippen LogP contribution in [0.1, 0.15) is 36.6 Å². The van der Waals surface area contributed by atoms with Crippen LogP contribution in [0.25, 0.3) is 0 Å². The van der Waals surface area contributed by atoms with Gasteiger partial charge in [-0.2, -0.15) is 0 Å². The van der Waals surface area contributed by atoms with E-state index in [0.29, 0.717) is 12.5 Å². The van der Waals surface area contributed by atoms with Gasteiger partial charge in [0.1, 0.15) is 6.29 Å². The molecule has 1 aliphatic heterocycles. The molecule has 1 unspecified atom stereocenters. The molecule has 0 aromatic carbocycles. The van der Waals surface area contributed by atoms with E-state index in [1.807, 2.05) is 6.20 Å². The highest BCUT2D eigenvalue weighted by Crippen LogP contribution is 2.24. The SMILES string of the molecule is CC(C)N1CCCC(Cc2ncc(CC=O)s2)C1. The van der Waals surface area contributed by atoms with Crippen molar-refractivity contribution in [3.8, 4) is 0 Å². The first-order chi connectivity index (χ1) is 8.69. The van der Waals surface area contributed by atoms with E-state index in [1.54, 1.807) is 11.3 Å². The van der Waals surface area contributed by atoms with Crippen LogP contribution < -0.4 is 0 Å². The van der Waals surface area contributed by atoms with Gasteiger partial charge >= 0.3 is 0 Å². The summed E-state index contributed by atoms with van der Waals surface area (Å²) in [7, 11) is 0. The fraction of sp³-hybridized carbons (Fsp3) is 0.714. The summed E-state index contributed by atoms with van der Waals surface area (Å²) in [6, 6.07) is 0.648. The standard InChI is InChI=1S/C14H22N2OS/c1-11(2)16-6-3-4-12(10-16)8-14-15-9-13(18-14)5-7-17/h7,9,11-12H,3-6,8,10H2,1-2H3. The van der Waals surface area contributed by atoms with Gasteiger partial charge in [0.15, 0.2) is 0 Å². The van der Waals surface area contributed by atoms with E-state index < -0.39 is 0 Å². The molecule has 4 heteroatoms. The van der Waals surface area contributed by atoms with Crippen LogP contribution in [0.15, 0.2) is 6.20 Å². The zero-order chi connectivity index (χ0) is 13.0. The molecule has 0 amide bonds. The first-order valence-electron chi connectivity index (χ1n) is 6.80. The molecule has 0 bridgehead atoms. The van der Waals surface area contributed by atoms with Crippen LogP contribution in [-0.4, -0.2) is 35.3 Å². The van der Waals surface area contributed by atoms with Crippen LogP contribution >= 0.6 is 11.3 Å². The molecule has 2 rings (SSSR count). The van der Waals surface area contributed by atoms with E-state index >= 15 is 0 Å². The number of nitrogens with zero attached hydrogens (tertiary/aromatic N) is 2. The Balaban J connectivity index is 1.89. The number of carbonyl (C=O) groups is 1. The molecule has 100 valence electrons. The van der Waals surface area contributed by atoms with Crippen LogP contribution in [0.3, 0.4) is 0 Å². The van der Waals surface area contributed by atoms with Gasteiger partial charge in [-0.3, -0.25) is 0 Å². The Bertz CT molecular complexity index is 389. The summed E-state index contributed by atoms with van der Waals surface area (Å²) in [5.41, 5.74) is 0. The molecule has 0 spiro atoms. The molecule has 0 saturated carbocycles. The minimum Gasteiger partial charge on any atom is -0.303 e. The number of rotatable bonds is 5. The van der Waals surface area contributed by atoms with Crippen LogP contribution in [-0.2, 0) is 17.6 Å². The molecule has 1 saturated heterocycles. The number of aldehydes is 1. The maximum atomic E-state index is 10.5. The molecule has 0 aliphatic carbocycles. The largest absolute Gasteiger partial charge is 0.303 e. The van der Waals surface area contributed by atoms with Crippen molar-refractivity contribution in [1.29, 1.82) is 0 Å². The van der Waals surface area contributed by atoms with Crippen molar-refractivity contribution in [2.45, 2.75) is 45.6 Å². The second-order valence-electron chi connectivity index (χ2n) is 5.39. The minimum absolute atomic E-state index is 0.514. The number of hydrogen-bond acceptors (Lipinski definition) is 4. The number of likely N-dealkylation sites (tertiary alicyclic amines) is 1. The lowest BCUT2D eigenvalue weighted by atomic mass is 9.94. The van der Waals surface area contributed by atoms with Crippen molar-refractivity contribution in [2.24, 2.45) is 5.92 Å². The average Bonchev–Trinajstić information content (AvgIpc) is 2.77. The second kappa shape index (κ2) is 6.43. The van der Waals surface area contributed by atoms with E-state index in [2.05, 4.69) is 23.7 Å². The molecule has 18 heavy (non-hydrogen) atoms. The average molecular weight is 266 g/mol. The normalized spacial score (nSPS) is 21.4. The maximum Gasteiger partial charge on any atom is 0.125 e. The number of carbonyl (C=O) groups excluding carboxylic acids is 1. The van der Waals surface area contributed by atoms with Crippen molar-refractivity contribution >= 4 is 17.6 Å². The Hall–Kier alpha value is -0.740. The third-order valence-electron chi connectivity index (χ3n) is 3.63. The second-order valence-corrected chi connectivity index (χ2v) is 6.59. The van der Waals surface area contributed by atoms with Crippen molar-refractivity contribution in [3.05, 3.63) is 16.1 Å². The molecule has 1 atom stereocenters. The van der Waals surface area contributed by atoms with E-state index in [9.17, 15) is 4.79 Å². The quantitative estimate of drug-likeness (QED) is 0.768. The van der Waals surface area contributed by atoms with Gasteiger partial charge in [-0.1, -0.05) is 0 Å². The predicted octanol–water partition coefficient (Wildman–Crippen LogP) is 2.55. The Kier molecular flexibility index (Phi) is 4.89. The zero-order valence-electron chi connectivity index (χ0n) is 11.3. The van der Waals surface area contributed by atoms with E-state index in [4.69, 9.17) is 0 Å². The van der Waals surface area contributed by atoms with Crippen LogP contribution in [0, 0.1) is 5.92 Å². The van der Waals surface area contributed by atoms with Gasteiger partial charge in [0, 0.05) is 36.5 Å². The highest BCUT2D eigenvalue weighted by atomic mass is 32.1. The molecule has 0 N–H and O–H groups in total. The Morgan fingerprint density at radius 2 is 2.44 bits per heavy atom. The van der Waals surface area contributed by atoms with Crippen molar-refractivity contribution in [3.63, 3.8) is 0 Å². The van der Waals surface area contributed by atoms with E-state index in [-0.39, 0.29) is 0 Å². The molecule has 1 aromatic heterocycles. The Labute approximate surface area is 113 Å². The number of hydrogen-bond donors (Lipinski definition) is 0. The summed E-state index contributed by atoms with van der Waals surface area (Å²) in [6.45, 7) is 6.98. The molecular weight excluding hydrogens is 244 g/mol. The summed E-state index contributed by atoms with van der Waals surface area (Å²) in [5.74, 6) is 0.733. The van der Waals surface area contributed by atoms with Gasteiger partial charge < -0.3 is 9.69 Å². The van der Waals surface area contributed by atoms with Crippen LogP contribution in [0.2, 0.25) is 0 Å². The topological polar surface area (TPSA) is 33.2 Å². The van der Waals surface area contributed by atoms with Gasteiger partial charge in [0.25, 0.3) is 0 Å². The van der Waals surface area contributed by atoms with Gasteiger partial charge in [-0.05, 0) is 39.2 Å². The summed E-state index contributed by atoms with van der Waals surface area (Å²) in [5, 5.41) is 1.20. The van der Waals surface area contributed by atoms with Gasteiger partial charge in [-0.25, -0.2) is 4.98 Å². The fourth-order valence-corrected chi connectivity index (χ4v) is 3.58. The van der Waals surface area contributed by atoms with Crippen LogP contribution in [0.4, 0.5) is 0 Å². The number of thiazole rings is 1. The third kappa shape index (κ3) is 3.62. The molecule has 2 heterocycles. The van der Waals surface area contributed by atoms with E-state index in [1.165, 1.54) is 30.9 Å². The molecule has 3 nitrogen and oxygen atoms in total. The number of aromatic nitrogens is 1. The lowest BCUT2D eigenvalue weighted by Gasteiger charge is -2.35. The minimum atomic E-state index is 0.514. The monoisotopic (exact) mass is 266 g/mol. The zero-order valence-corrected chi connectivity index (χ0v) is 12.1. The third-order valence-corrected chi connectivity index (χ3v) is 4.67. The summed E-state index contributed by atoms with van der Waals surface area (Å²) >= 11 is 1.70. The van der Waals surface area contributed by atoms with Gasteiger partial charge in [0.05, 0.1) is 5.01 Å². The molecule has 1 aromatic rings. The lowest BCUT2D eigenvalue weighted by Crippen LogP contribution is -2.40. The summed E-state index contributed by atoms with van der Waals surface area (Å²) < 4.78 is 0. The lowest BCUT2D eigenvalue weighted by molar-refractivity contribution is -0.107. The highest BCUT2D eigenvalue weighted by molar-refractivity contribution is 7.11. The Morgan fingerprint density at radius 1 is 1.61 bits per heavy atom. The fourth-order valence-electron chi connectivity index (χ4n) is 2.60. The molecular formula is C14H22N2OS. The van der Waals surface area contributed by atoms with Gasteiger partial charge in [-0.15, -0.1) is 11.3 Å². The molecule has 0 radical (unpaired) electrons. The van der Waals surface area contributed by atoms with Crippen molar-refractivity contribution < 1.29 is 4.79 Å². The van der Waals surface area contributed by atoms with Crippen molar-refractivity contribution in [2.75, 3.05) is 13.1 Å². The maximum absolute atomic E-state index is 10.5. The van der Waals surface area contributed by atoms with Gasteiger partial charge in [0.2, 0.25) is 0 Å². The summed E-state index contributed by atoms with van der Waals surface area (Å²) in [6.07, 6.45) is 7.02. The van der Waals surface area contributed by atoms with Crippen molar-refractivity contribution in [1.82, 2.24) is 9.88 Å². The smallest absolute Gasteiger partial charge is 0.125 e. The Morgan fingerprint density at radius 3 is 3.17 bits per heavy atom. The number of piperidine rings is 1. The molecule has 1 fully saturated rings. The summed E-state index contributed by atoms with van der Waals surface area (Å²) in [4.78, 5) is 18.6. The van der Waals surface area contributed by atoms with Crippen LogP contribution in [0.5, 0.6) is 0 Å². The predicted molar refractivity (Wildman–Crippen MR) is 75.0 cm³/mol. The first-order valence-corrected chi connectivity index (χ1v) is 7.62. The molecule has 1 aliphatic rings. The van der Waals surface area contributed by atoms with E-state index in [0.717, 1.165) is 23.5 Å². The highest BCUT2D eigenvalue weighted by Gasteiger charge is 2.22.